The molecule has 84 valence electrons. The summed E-state index contributed by atoms with van der Waals surface area (Å²) >= 11 is 11.6. The van der Waals surface area contributed by atoms with Crippen LogP contribution >= 0.6 is 23.2 Å². The Bertz CT molecular complexity index is 462. The van der Waals surface area contributed by atoms with Gasteiger partial charge in [0.15, 0.2) is 0 Å². The van der Waals surface area contributed by atoms with Crippen molar-refractivity contribution in [1.29, 1.82) is 0 Å². The molecule has 0 radical (unpaired) electrons. The Morgan fingerprint density at radius 1 is 1.40 bits per heavy atom. The van der Waals surface area contributed by atoms with Crippen LogP contribution in [0.25, 0.3) is 0 Å². The van der Waals surface area contributed by atoms with Gasteiger partial charge in [-0.3, -0.25) is 0 Å². The molecule has 1 aromatic carbocycles. The Morgan fingerprint density at radius 3 is 2.47 bits per heavy atom. The molecule has 0 saturated heterocycles. The minimum Gasteiger partial charge on any atom is -0.216 e. The molecule has 2 N–H and O–H groups in total. The molecule has 0 aliphatic carbocycles. The molecular formula is C8H10Cl2N2O2S. The fourth-order valence-corrected chi connectivity index (χ4v) is 1.77. The van der Waals surface area contributed by atoms with Gasteiger partial charge in [-0.2, -0.15) is 12.7 Å². The smallest absolute Gasteiger partial charge is 0.216 e. The van der Waals surface area contributed by atoms with Crippen molar-refractivity contribution < 1.29 is 8.42 Å². The number of benzene rings is 1. The lowest BCUT2D eigenvalue weighted by atomic mass is 10.2. The summed E-state index contributed by atoms with van der Waals surface area (Å²) in [6, 6.07) is 4.85. The van der Waals surface area contributed by atoms with Gasteiger partial charge in [0.2, 0.25) is 0 Å². The van der Waals surface area contributed by atoms with E-state index in [-0.39, 0.29) is 6.54 Å². The summed E-state index contributed by atoms with van der Waals surface area (Å²) in [7, 11) is -2.31. The van der Waals surface area contributed by atoms with E-state index in [1.807, 2.05) is 0 Å². The molecule has 4 nitrogen and oxygen atoms in total. The van der Waals surface area contributed by atoms with E-state index in [0.29, 0.717) is 15.6 Å². The van der Waals surface area contributed by atoms with Crippen molar-refractivity contribution in [1.82, 2.24) is 4.31 Å². The number of nitrogens with two attached hydrogens (primary N) is 1. The zero-order valence-electron chi connectivity index (χ0n) is 7.94. The Morgan fingerprint density at radius 2 is 2.00 bits per heavy atom. The number of rotatable bonds is 3. The maximum Gasteiger partial charge on any atom is 0.276 e. The van der Waals surface area contributed by atoms with E-state index in [2.05, 4.69) is 0 Å². The highest BCUT2D eigenvalue weighted by atomic mass is 35.5. The monoisotopic (exact) mass is 268 g/mol. The average molecular weight is 269 g/mol. The van der Waals surface area contributed by atoms with Crippen LogP contribution in [0.3, 0.4) is 0 Å². The lowest BCUT2D eigenvalue weighted by molar-refractivity contribution is 0.468. The molecule has 1 rings (SSSR count). The SMILES string of the molecule is CN(Cc1ccc(Cl)cc1Cl)S(N)(=O)=O. The first-order valence-electron chi connectivity index (χ1n) is 3.98. The number of halogens is 2. The third kappa shape index (κ3) is 3.62. The van der Waals surface area contributed by atoms with E-state index in [1.54, 1.807) is 18.2 Å². The molecule has 0 aliphatic heterocycles. The van der Waals surface area contributed by atoms with Gasteiger partial charge >= 0.3 is 0 Å². The fourth-order valence-electron chi connectivity index (χ4n) is 0.980. The van der Waals surface area contributed by atoms with Crippen LogP contribution in [0.2, 0.25) is 10.0 Å². The fraction of sp³-hybridized carbons (Fsp3) is 0.250. The van der Waals surface area contributed by atoms with E-state index >= 15 is 0 Å². The lowest BCUT2D eigenvalue weighted by Crippen LogP contribution is -2.32. The number of hydrogen-bond acceptors (Lipinski definition) is 2. The molecular weight excluding hydrogens is 259 g/mol. The van der Waals surface area contributed by atoms with Crippen molar-refractivity contribution in [3.8, 4) is 0 Å². The predicted octanol–water partition coefficient (Wildman–Crippen LogP) is 1.63. The standard InChI is InChI=1S/C8H10Cl2N2O2S/c1-12(15(11,13)14)5-6-2-3-7(9)4-8(6)10/h2-4H,5H2,1H3,(H2,11,13,14). The number of nitrogens with zero attached hydrogens (tertiary/aromatic N) is 1. The predicted molar refractivity (Wildman–Crippen MR) is 61.0 cm³/mol. The zero-order chi connectivity index (χ0) is 11.6. The molecule has 15 heavy (non-hydrogen) atoms. The van der Waals surface area contributed by atoms with Crippen LogP contribution in [-0.2, 0) is 16.8 Å². The van der Waals surface area contributed by atoms with Gasteiger partial charge in [0.25, 0.3) is 10.2 Å². The van der Waals surface area contributed by atoms with Crippen molar-refractivity contribution in [3.63, 3.8) is 0 Å². The topological polar surface area (TPSA) is 63.4 Å². The van der Waals surface area contributed by atoms with Gasteiger partial charge in [-0.15, -0.1) is 0 Å². The van der Waals surface area contributed by atoms with Crippen LogP contribution in [0.4, 0.5) is 0 Å². The minimum atomic E-state index is -3.69. The van der Waals surface area contributed by atoms with Gasteiger partial charge in [-0.25, -0.2) is 5.14 Å². The molecule has 0 atom stereocenters. The van der Waals surface area contributed by atoms with E-state index < -0.39 is 10.2 Å². The van der Waals surface area contributed by atoms with Crippen LogP contribution < -0.4 is 5.14 Å². The Kier molecular flexibility index (Phi) is 3.97. The highest BCUT2D eigenvalue weighted by Gasteiger charge is 2.13. The van der Waals surface area contributed by atoms with Crippen molar-refractivity contribution in [3.05, 3.63) is 33.8 Å². The molecule has 0 aliphatic rings. The Balaban J connectivity index is 2.91. The summed E-state index contributed by atoms with van der Waals surface area (Å²) in [4.78, 5) is 0. The Hall–Kier alpha value is -0.330. The summed E-state index contributed by atoms with van der Waals surface area (Å²) < 4.78 is 22.9. The second-order valence-corrected chi connectivity index (χ2v) is 5.53. The first kappa shape index (κ1) is 12.7. The quantitative estimate of drug-likeness (QED) is 0.906. The first-order chi connectivity index (χ1) is 6.80. The highest BCUT2D eigenvalue weighted by Crippen LogP contribution is 2.22. The third-order valence-corrected chi connectivity index (χ3v) is 3.43. The molecule has 0 unspecified atom stereocenters. The van der Waals surface area contributed by atoms with E-state index in [1.165, 1.54) is 7.05 Å². The normalized spacial score (nSPS) is 12.1. The van der Waals surface area contributed by atoms with Crippen molar-refractivity contribution in [2.75, 3.05) is 7.05 Å². The van der Waals surface area contributed by atoms with Gasteiger partial charge in [0, 0.05) is 23.6 Å². The summed E-state index contributed by atoms with van der Waals surface area (Å²) in [5, 5.41) is 5.85. The van der Waals surface area contributed by atoms with Crippen LogP contribution in [0, 0.1) is 0 Å². The zero-order valence-corrected chi connectivity index (χ0v) is 10.3. The van der Waals surface area contributed by atoms with Gasteiger partial charge < -0.3 is 0 Å². The molecule has 0 heterocycles. The first-order valence-corrected chi connectivity index (χ1v) is 6.24. The summed E-state index contributed by atoms with van der Waals surface area (Å²) in [6.45, 7) is 0.120. The van der Waals surface area contributed by atoms with Crippen molar-refractivity contribution in [2.24, 2.45) is 5.14 Å². The largest absolute Gasteiger partial charge is 0.276 e. The van der Waals surface area contributed by atoms with Crippen LogP contribution in [0.15, 0.2) is 18.2 Å². The van der Waals surface area contributed by atoms with Crippen LogP contribution in [0.1, 0.15) is 5.56 Å². The summed E-state index contributed by atoms with van der Waals surface area (Å²) in [5.74, 6) is 0. The maximum absolute atomic E-state index is 10.9. The van der Waals surface area contributed by atoms with E-state index in [9.17, 15) is 8.42 Å². The highest BCUT2D eigenvalue weighted by molar-refractivity contribution is 7.86. The van der Waals surface area contributed by atoms with Gasteiger partial charge in [0.05, 0.1) is 0 Å². The van der Waals surface area contributed by atoms with E-state index in [0.717, 1.165) is 4.31 Å². The molecule has 0 amide bonds. The minimum absolute atomic E-state index is 0.120. The van der Waals surface area contributed by atoms with Gasteiger partial charge in [-0.05, 0) is 17.7 Å². The average Bonchev–Trinajstić information content (AvgIpc) is 2.08. The van der Waals surface area contributed by atoms with Crippen LogP contribution in [-0.4, -0.2) is 19.8 Å². The molecule has 0 fully saturated rings. The molecule has 1 aromatic rings. The second-order valence-electron chi connectivity index (χ2n) is 3.04. The van der Waals surface area contributed by atoms with Gasteiger partial charge in [-0.1, -0.05) is 29.3 Å². The Labute approximate surface area is 98.8 Å². The number of hydrogen-bond donors (Lipinski definition) is 1. The molecule has 7 heteroatoms. The van der Waals surface area contributed by atoms with Crippen molar-refractivity contribution in [2.45, 2.75) is 6.54 Å². The molecule has 0 aromatic heterocycles. The maximum atomic E-state index is 10.9. The van der Waals surface area contributed by atoms with Gasteiger partial charge in [0.1, 0.15) is 0 Å². The third-order valence-electron chi connectivity index (χ3n) is 1.84. The summed E-state index contributed by atoms with van der Waals surface area (Å²) in [5.41, 5.74) is 0.651. The van der Waals surface area contributed by atoms with E-state index in [4.69, 9.17) is 28.3 Å². The molecule has 0 bridgehead atoms. The second kappa shape index (κ2) is 4.67. The van der Waals surface area contributed by atoms with Crippen LogP contribution in [0.5, 0.6) is 0 Å². The molecule has 0 spiro atoms. The molecule has 0 saturated carbocycles. The van der Waals surface area contributed by atoms with Crippen molar-refractivity contribution >= 4 is 33.4 Å². The lowest BCUT2D eigenvalue weighted by Gasteiger charge is -2.14. The summed E-state index contributed by atoms with van der Waals surface area (Å²) in [6.07, 6.45) is 0.